The number of benzene rings is 2. The van der Waals surface area contributed by atoms with Crippen molar-refractivity contribution in [2.75, 3.05) is 7.11 Å². The van der Waals surface area contributed by atoms with Gasteiger partial charge in [-0.3, -0.25) is 0 Å². The molecule has 2 aromatic rings. The molecule has 2 aromatic carbocycles. The Balaban J connectivity index is -0.000000626. The Labute approximate surface area is 157 Å². The number of hydrogen-bond donors (Lipinski definition) is 2. The number of hydrogen-bond acceptors (Lipinski definition) is 3. The molecule has 0 unspecified atom stereocenters. The normalized spacial score (nSPS) is 7.72. The van der Waals surface area contributed by atoms with Crippen LogP contribution in [-0.2, 0) is 44.5 Å². The third kappa shape index (κ3) is 8.02. The fourth-order valence-corrected chi connectivity index (χ4v) is 2.09. The third-order valence-corrected chi connectivity index (χ3v) is 2.96. The standard InChI is InChI=1S/C15H16O3.3CO.Cr/c1-18-14-8-4-6-12(10-17)15(14)13-7-3-2-5-11(13)9-16;3*1-2;/h2-8,16-17H,9-10H2,1H3;;;;. The predicted molar refractivity (Wildman–Crippen MR) is 82.1 cm³/mol. The number of methoxy groups -OCH3 is 1. The molecular weight excluding hydrogens is 364 g/mol. The Morgan fingerprint density at radius 2 is 1.28 bits per heavy atom. The summed E-state index contributed by atoms with van der Waals surface area (Å²) in [5.41, 5.74) is 3.33. The summed E-state index contributed by atoms with van der Waals surface area (Å²) in [6.45, 7) is 13.4. The molecule has 6 nitrogen and oxygen atoms in total. The zero-order chi connectivity index (χ0) is 19.0. The van der Waals surface area contributed by atoms with Crippen LogP contribution in [0.2, 0.25) is 0 Å². The van der Waals surface area contributed by atoms with Gasteiger partial charge in [-0.2, -0.15) is 0 Å². The van der Waals surface area contributed by atoms with Gasteiger partial charge in [0, 0.05) is 22.9 Å². The zero-order valence-corrected chi connectivity index (χ0v) is 14.7. The summed E-state index contributed by atoms with van der Waals surface area (Å²) in [4.78, 5) is 0. The molecular formula is C18H16CrO6. The first-order chi connectivity index (χ1) is 11.8. The zero-order valence-electron chi connectivity index (χ0n) is 13.4. The number of ether oxygens (including phenoxy) is 1. The van der Waals surface area contributed by atoms with E-state index in [1.54, 1.807) is 7.11 Å². The van der Waals surface area contributed by atoms with Gasteiger partial charge in [-0.25, -0.2) is 0 Å². The first-order valence-electron chi connectivity index (χ1n) is 6.39. The summed E-state index contributed by atoms with van der Waals surface area (Å²) >= 11 is 0. The first-order valence-corrected chi connectivity index (χ1v) is 6.39. The van der Waals surface area contributed by atoms with Crippen LogP contribution in [0.1, 0.15) is 11.1 Å². The van der Waals surface area contributed by atoms with Gasteiger partial charge in [-0.1, -0.05) is 36.4 Å². The van der Waals surface area contributed by atoms with Crippen molar-refractivity contribution in [2.45, 2.75) is 13.2 Å². The molecule has 0 aliphatic rings. The predicted octanol–water partition coefficient (Wildman–Crippen LogP) is 2.23. The van der Waals surface area contributed by atoms with E-state index in [-0.39, 0.29) is 30.6 Å². The van der Waals surface area contributed by atoms with Crippen LogP contribution in [0.15, 0.2) is 42.5 Å². The van der Waals surface area contributed by atoms with Gasteiger partial charge in [0.05, 0.1) is 20.3 Å². The number of rotatable bonds is 4. The molecule has 2 N–H and O–H groups in total. The summed E-state index contributed by atoms with van der Waals surface area (Å²) in [6, 6.07) is 13.1. The summed E-state index contributed by atoms with van der Waals surface area (Å²) < 4.78 is 27.8. The molecule has 7 heteroatoms. The Morgan fingerprint density at radius 3 is 1.76 bits per heavy atom. The Bertz CT molecular complexity index is 628. The second kappa shape index (κ2) is 18.3. The van der Waals surface area contributed by atoms with Crippen molar-refractivity contribution in [1.29, 1.82) is 0 Å². The van der Waals surface area contributed by atoms with Crippen molar-refractivity contribution in [2.24, 2.45) is 0 Å². The second-order valence-electron chi connectivity index (χ2n) is 3.97. The van der Waals surface area contributed by atoms with E-state index in [1.165, 1.54) is 0 Å². The number of aliphatic hydroxyl groups excluding tert-OH is 2. The van der Waals surface area contributed by atoms with Crippen molar-refractivity contribution in [3.63, 3.8) is 0 Å². The summed E-state index contributed by atoms with van der Waals surface area (Å²) in [5, 5.41) is 18.8. The quantitative estimate of drug-likeness (QED) is 0.627. The van der Waals surface area contributed by atoms with Crippen LogP contribution in [-0.4, -0.2) is 17.3 Å². The fourth-order valence-electron chi connectivity index (χ4n) is 2.09. The van der Waals surface area contributed by atoms with Gasteiger partial charge in [0.25, 0.3) is 0 Å². The summed E-state index contributed by atoms with van der Waals surface area (Å²) in [5.74, 6) is 0.697. The molecule has 0 radical (unpaired) electrons. The molecule has 0 aromatic heterocycles. The van der Waals surface area contributed by atoms with Crippen LogP contribution in [0.5, 0.6) is 5.75 Å². The average Bonchev–Trinajstić information content (AvgIpc) is 2.71. The van der Waals surface area contributed by atoms with Gasteiger partial charge in [0.1, 0.15) is 5.75 Å². The van der Waals surface area contributed by atoms with E-state index in [9.17, 15) is 10.2 Å². The average molecular weight is 380 g/mol. The summed E-state index contributed by atoms with van der Waals surface area (Å²) in [6.07, 6.45) is 0. The molecule has 25 heavy (non-hydrogen) atoms. The van der Waals surface area contributed by atoms with Crippen LogP contribution < -0.4 is 4.74 Å². The molecule has 130 valence electrons. The molecule has 0 bridgehead atoms. The molecule has 0 amide bonds. The van der Waals surface area contributed by atoms with Crippen LogP contribution in [0.3, 0.4) is 0 Å². The molecule has 0 heterocycles. The van der Waals surface area contributed by atoms with Crippen molar-refractivity contribution in [1.82, 2.24) is 0 Å². The molecule has 0 fully saturated rings. The molecule has 2 rings (SSSR count). The molecule has 0 aliphatic heterocycles. The molecule has 0 atom stereocenters. The van der Waals surface area contributed by atoms with Crippen LogP contribution in [0.25, 0.3) is 11.1 Å². The minimum absolute atomic E-state index is 0. The minimum Gasteiger partial charge on any atom is 0 e. The van der Waals surface area contributed by atoms with Crippen LogP contribution >= 0.6 is 0 Å². The van der Waals surface area contributed by atoms with E-state index in [0.717, 1.165) is 22.3 Å². The minimum atomic E-state index is -0.0632. The van der Waals surface area contributed by atoms with Gasteiger partial charge < -0.3 is 14.9 Å². The van der Waals surface area contributed by atoms with E-state index >= 15 is 0 Å². The summed E-state index contributed by atoms with van der Waals surface area (Å²) in [7, 11) is 1.60. The molecule has 0 saturated carbocycles. The Kier molecular flexibility index (Phi) is 20.3. The van der Waals surface area contributed by atoms with Crippen LogP contribution in [0.4, 0.5) is 0 Å². The molecule has 0 aliphatic carbocycles. The van der Waals surface area contributed by atoms with E-state index in [2.05, 4.69) is 20.0 Å². The monoisotopic (exact) mass is 380 g/mol. The van der Waals surface area contributed by atoms with Gasteiger partial charge in [0.2, 0.25) is 0 Å². The molecule has 0 spiro atoms. The van der Waals surface area contributed by atoms with Gasteiger partial charge in [0.15, 0.2) is 0 Å². The number of aliphatic hydroxyl groups is 2. The van der Waals surface area contributed by atoms with Gasteiger partial charge in [-0.05, 0) is 22.8 Å². The van der Waals surface area contributed by atoms with E-state index in [4.69, 9.17) is 18.7 Å². The van der Waals surface area contributed by atoms with Gasteiger partial charge >= 0.3 is 33.9 Å². The third-order valence-electron chi connectivity index (χ3n) is 2.96. The molecule has 0 saturated heterocycles. The maximum absolute atomic E-state index is 9.45. The second-order valence-corrected chi connectivity index (χ2v) is 3.97. The maximum atomic E-state index is 9.45. The maximum Gasteiger partial charge on any atom is 0 e. The fraction of sp³-hybridized carbons (Fsp3) is 0.167. The van der Waals surface area contributed by atoms with Crippen molar-refractivity contribution in [3.8, 4) is 16.9 Å². The van der Waals surface area contributed by atoms with Gasteiger partial charge in [-0.15, -0.1) is 0 Å². The Morgan fingerprint density at radius 1 is 0.800 bits per heavy atom. The van der Waals surface area contributed by atoms with Crippen molar-refractivity contribution in [3.05, 3.63) is 73.5 Å². The van der Waals surface area contributed by atoms with E-state index in [1.807, 2.05) is 42.5 Å². The van der Waals surface area contributed by atoms with Crippen LogP contribution in [0, 0.1) is 20.0 Å². The smallest absolute Gasteiger partial charge is 0 e. The SMILES string of the molecule is COc1cccc(CO)c1-c1ccccc1CO.[C-]#[O+].[C-]#[O+].[C-]#[O+].[Cr]. The van der Waals surface area contributed by atoms with Crippen molar-refractivity contribution < 1.29 is 46.3 Å². The Hall–Kier alpha value is -2.09. The largest absolute Gasteiger partial charge is 0 e. The van der Waals surface area contributed by atoms with E-state index in [0.29, 0.717) is 5.75 Å². The first kappa shape index (κ1) is 27.7. The van der Waals surface area contributed by atoms with Crippen molar-refractivity contribution >= 4 is 0 Å². The van der Waals surface area contributed by atoms with E-state index < -0.39 is 0 Å². The topological polar surface area (TPSA) is 109 Å².